The summed E-state index contributed by atoms with van der Waals surface area (Å²) in [4.78, 5) is 20.6. The van der Waals surface area contributed by atoms with E-state index in [4.69, 9.17) is 0 Å². The van der Waals surface area contributed by atoms with E-state index in [-0.39, 0.29) is 5.91 Å². The van der Waals surface area contributed by atoms with E-state index in [0.29, 0.717) is 5.56 Å². The van der Waals surface area contributed by atoms with Crippen LogP contribution in [0, 0.1) is 6.92 Å². The van der Waals surface area contributed by atoms with E-state index < -0.39 is 0 Å². The van der Waals surface area contributed by atoms with E-state index in [0.717, 1.165) is 22.7 Å². The number of pyridine rings is 1. The average molecular weight is 266 g/mol. The van der Waals surface area contributed by atoms with Crippen molar-refractivity contribution in [3.05, 3.63) is 54.0 Å². The molecular formula is C15H14N4O. The van der Waals surface area contributed by atoms with Crippen molar-refractivity contribution in [1.29, 1.82) is 0 Å². The summed E-state index contributed by atoms with van der Waals surface area (Å²) >= 11 is 0. The van der Waals surface area contributed by atoms with Crippen LogP contribution in [0.5, 0.6) is 0 Å². The number of amides is 1. The van der Waals surface area contributed by atoms with Gasteiger partial charge in [0.2, 0.25) is 0 Å². The van der Waals surface area contributed by atoms with Crippen LogP contribution in [0.4, 0.5) is 0 Å². The molecule has 0 atom stereocenters. The monoisotopic (exact) mass is 266 g/mol. The zero-order chi connectivity index (χ0) is 14.1. The highest BCUT2D eigenvalue weighted by molar-refractivity contribution is 5.94. The molecule has 3 aromatic rings. The van der Waals surface area contributed by atoms with Crippen molar-refractivity contribution < 1.29 is 4.79 Å². The molecule has 0 fully saturated rings. The fraction of sp³-hybridized carbons (Fsp3) is 0.133. The van der Waals surface area contributed by atoms with Gasteiger partial charge in [0.1, 0.15) is 11.3 Å². The first-order valence-corrected chi connectivity index (χ1v) is 6.33. The molecule has 0 radical (unpaired) electrons. The molecular weight excluding hydrogens is 252 g/mol. The van der Waals surface area contributed by atoms with Gasteiger partial charge in [0.25, 0.3) is 5.91 Å². The number of imidazole rings is 1. The minimum Gasteiger partial charge on any atom is -0.355 e. The van der Waals surface area contributed by atoms with E-state index in [1.807, 2.05) is 41.8 Å². The molecule has 2 aromatic heterocycles. The van der Waals surface area contributed by atoms with Crippen molar-refractivity contribution >= 4 is 17.1 Å². The van der Waals surface area contributed by atoms with Crippen LogP contribution in [0.1, 0.15) is 16.2 Å². The first kappa shape index (κ1) is 12.3. The van der Waals surface area contributed by atoms with Crippen molar-refractivity contribution in [3.63, 3.8) is 0 Å². The minimum atomic E-state index is -0.109. The molecule has 5 heteroatoms. The summed E-state index contributed by atoms with van der Waals surface area (Å²) < 4.78 is 1.95. The number of hydrogen-bond donors (Lipinski definition) is 1. The minimum absolute atomic E-state index is 0.109. The maximum absolute atomic E-state index is 11.7. The summed E-state index contributed by atoms with van der Waals surface area (Å²) in [5.74, 6) is 0.731. The second-order valence-corrected chi connectivity index (χ2v) is 4.47. The molecule has 0 bridgehead atoms. The predicted molar refractivity (Wildman–Crippen MR) is 77.0 cm³/mol. The van der Waals surface area contributed by atoms with Gasteiger partial charge < -0.3 is 5.32 Å². The van der Waals surface area contributed by atoms with Gasteiger partial charge in [0.15, 0.2) is 5.65 Å². The van der Waals surface area contributed by atoms with Crippen molar-refractivity contribution in [3.8, 4) is 5.69 Å². The largest absolute Gasteiger partial charge is 0.355 e. The lowest BCUT2D eigenvalue weighted by atomic mass is 10.2. The number of carbonyl (C=O) groups is 1. The van der Waals surface area contributed by atoms with Crippen molar-refractivity contribution in [1.82, 2.24) is 19.9 Å². The molecule has 1 amide bonds. The predicted octanol–water partition coefficient (Wildman–Crippen LogP) is 2.09. The molecule has 0 aliphatic heterocycles. The highest BCUT2D eigenvalue weighted by Gasteiger charge is 2.11. The van der Waals surface area contributed by atoms with Gasteiger partial charge in [-0.3, -0.25) is 9.36 Å². The number of aryl methyl sites for hydroxylation is 1. The van der Waals surface area contributed by atoms with Crippen LogP contribution in [0.25, 0.3) is 16.9 Å². The Balaban J connectivity index is 2.21. The fourth-order valence-corrected chi connectivity index (χ4v) is 2.27. The zero-order valence-corrected chi connectivity index (χ0v) is 11.3. The first-order valence-electron chi connectivity index (χ1n) is 6.33. The molecule has 20 heavy (non-hydrogen) atoms. The molecule has 100 valence electrons. The Morgan fingerprint density at radius 2 is 2.10 bits per heavy atom. The second-order valence-electron chi connectivity index (χ2n) is 4.47. The van der Waals surface area contributed by atoms with Gasteiger partial charge in [-0.1, -0.05) is 6.07 Å². The lowest BCUT2D eigenvalue weighted by molar-refractivity contribution is 0.0963. The highest BCUT2D eigenvalue weighted by Crippen LogP contribution is 2.20. The fourth-order valence-electron chi connectivity index (χ4n) is 2.27. The van der Waals surface area contributed by atoms with Gasteiger partial charge in [-0.2, -0.15) is 0 Å². The van der Waals surface area contributed by atoms with Crippen LogP contribution in [0.15, 0.2) is 42.6 Å². The van der Waals surface area contributed by atoms with E-state index in [1.54, 1.807) is 19.3 Å². The molecule has 0 aliphatic rings. The third-order valence-electron chi connectivity index (χ3n) is 3.18. The number of hydrogen-bond acceptors (Lipinski definition) is 3. The molecule has 1 aromatic carbocycles. The Morgan fingerprint density at radius 3 is 2.90 bits per heavy atom. The zero-order valence-electron chi connectivity index (χ0n) is 11.3. The first-order chi connectivity index (χ1) is 9.70. The van der Waals surface area contributed by atoms with Crippen LogP contribution in [-0.2, 0) is 0 Å². The standard InChI is InChI=1S/C15H14N4O/c1-10-18-13-7-4-8-17-14(13)19(10)12-6-3-5-11(9-12)15(20)16-2/h3-9H,1-2H3,(H,16,20). The quantitative estimate of drug-likeness (QED) is 0.772. The normalized spacial score (nSPS) is 10.7. The Labute approximate surface area is 116 Å². The lowest BCUT2D eigenvalue weighted by Gasteiger charge is -2.08. The third-order valence-corrected chi connectivity index (χ3v) is 3.18. The van der Waals surface area contributed by atoms with Crippen molar-refractivity contribution in [2.24, 2.45) is 0 Å². The van der Waals surface area contributed by atoms with Crippen LogP contribution in [-0.4, -0.2) is 27.5 Å². The van der Waals surface area contributed by atoms with Gasteiger partial charge in [0.05, 0.1) is 0 Å². The van der Waals surface area contributed by atoms with Crippen molar-refractivity contribution in [2.75, 3.05) is 7.05 Å². The maximum atomic E-state index is 11.7. The summed E-state index contributed by atoms with van der Waals surface area (Å²) in [6.07, 6.45) is 1.74. The van der Waals surface area contributed by atoms with Gasteiger partial charge in [0, 0.05) is 24.5 Å². The van der Waals surface area contributed by atoms with Crippen LogP contribution < -0.4 is 5.32 Å². The summed E-state index contributed by atoms with van der Waals surface area (Å²) in [6, 6.07) is 11.2. The highest BCUT2D eigenvalue weighted by atomic mass is 16.1. The van der Waals surface area contributed by atoms with Gasteiger partial charge in [-0.15, -0.1) is 0 Å². The summed E-state index contributed by atoms with van der Waals surface area (Å²) in [5, 5.41) is 2.63. The Morgan fingerprint density at radius 1 is 1.25 bits per heavy atom. The van der Waals surface area contributed by atoms with Gasteiger partial charge in [-0.25, -0.2) is 9.97 Å². The average Bonchev–Trinajstić information content (AvgIpc) is 2.82. The van der Waals surface area contributed by atoms with E-state index in [9.17, 15) is 4.79 Å². The Hall–Kier alpha value is -2.69. The molecule has 0 saturated carbocycles. The van der Waals surface area contributed by atoms with E-state index >= 15 is 0 Å². The molecule has 1 N–H and O–H groups in total. The summed E-state index contributed by atoms with van der Waals surface area (Å²) in [6.45, 7) is 1.92. The summed E-state index contributed by atoms with van der Waals surface area (Å²) in [5.41, 5.74) is 3.13. The molecule has 5 nitrogen and oxygen atoms in total. The lowest BCUT2D eigenvalue weighted by Crippen LogP contribution is -2.17. The molecule has 2 heterocycles. The van der Waals surface area contributed by atoms with Gasteiger partial charge in [-0.05, 0) is 37.3 Å². The third kappa shape index (κ3) is 1.93. The number of carbonyl (C=O) groups excluding carboxylic acids is 1. The van der Waals surface area contributed by atoms with Crippen molar-refractivity contribution in [2.45, 2.75) is 6.92 Å². The van der Waals surface area contributed by atoms with Crippen LogP contribution >= 0.6 is 0 Å². The molecule has 0 spiro atoms. The SMILES string of the molecule is CNC(=O)c1cccc(-n2c(C)nc3cccnc32)c1. The number of rotatable bonds is 2. The second kappa shape index (κ2) is 4.77. The smallest absolute Gasteiger partial charge is 0.251 e. The molecule has 0 saturated heterocycles. The molecule has 0 unspecified atom stereocenters. The maximum Gasteiger partial charge on any atom is 0.251 e. The van der Waals surface area contributed by atoms with E-state index in [1.165, 1.54) is 0 Å². The van der Waals surface area contributed by atoms with E-state index in [2.05, 4.69) is 15.3 Å². The van der Waals surface area contributed by atoms with Gasteiger partial charge >= 0.3 is 0 Å². The van der Waals surface area contributed by atoms with Crippen LogP contribution in [0.3, 0.4) is 0 Å². The summed E-state index contributed by atoms with van der Waals surface area (Å²) in [7, 11) is 1.62. The molecule has 3 rings (SSSR count). The number of nitrogens with one attached hydrogen (secondary N) is 1. The molecule has 0 aliphatic carbocycles. The number of nitrogens with zero attached hydrogens (tertiary/aromatic N) is 3. The number of fused-ring (bicyclic) bond motifs is 1. The Bertz CT molecular complexity index is 791. The number of aromatic nitrogens is 3. The van der Waals surface area contributed by atoms with Crippen LogP contribution in [0.2, 0.25) is 0 Å². The number of benzene rings is 1. The topological polar surface area (TPSA) is 59.8 Å². The Kier molecular flexibility index (Phi) is 2.95.